The molecule has 1 heterocycles. The number of carbonyl (C=O) groups is 1. The molecule has 1 aromatic heterocycles. The molecule has 3 aromatic rings. The maximum absolute atomic E-state index is 12.8. The van der Waals surface area contributed by atoms with E-state index in [1.807, 2.05) is 30.3 Å². The number of carboxylic acids is 1. The maximum Gasteiger partial charge on any atom is 0.348 e. The van der Waals surface area contributed by atoms with Crippen LogP contribution in [0.1, 0.15) is 15.2 Å². The number of carboxylic acid groups (broad SMARTS) is 1. The van der Waals surface area contributed by atoms with Crippen molar-refractivity contribution in [3.05, 3.63) is 77.7 Å². The lowest BCUT2D eigenvalue weighted by Gasteiger charge is -2.10. The first-order valence-electron chi connectivity index (χ1n) is 7.59. The summed E-state index contributed by atoms with van der Waals surface area (Å²) in [5.74, 6) is -1.19. The van der Waals surface area contributed by atoms with Crippen molar-refractivity contribution in [2.45, 2.75) is 4.90 Å². The van der Waals surface area contributed by atoms with Gasteiger partial charge < -0.3 is 5.11 Å². The van der Waals surface area contributed by atoms with Gasteiger partial charge in [-0.15, -0.1) is 11.3 Å². The second-order valence-corrected chi connectivity index (χ2v) is 8.08. The van der Waals surface area contributed by atoms with E-state index in [0.717, 1.165) is 16.9 Å². The normalized spacial score (nSPS) is 11.1. The van der Waals surface area contributed by atoms with Crippen molar-refractivity contribution < 1.29 is 18.3 Å². The molecular weight excluding hydrogens is 370 g/mol. The first kappa shape index (κ1) is 17.9. The molecule has 26 heavy (non-hydrogen) atoms. The fourth-order valence-corrected chi connectivity index (χ4v) is 4.77. The minimum Gasteiger partial charge on any atom is -0.477 e. The van der Waals surface area contributed by atoms with Gasteiger partial charge >= 0.3 is 5.97 Å². The van der Waals surface area contributed by atoms with E-state index in [1.165, 1.54) is 18.2 Å². The largest absolute Gasteiger partial charge is 0.477 e. The molecule has 132 valence electrons. The third-order valence-electron chi connectivity index (χ3n) is 3.66. The van der Waals surface area contributed by atoms with Crippen LogP contribution in [-0.2, 0) is 10.0 Å². The lowest BCUT2D eigenvalue weighted by molar-refractivity contribution is 0.0703. The lowest BCUT2D eigenvalue weighted by atomic mass is 10.2. The zero-order chi connectivity index (χ0) is 18.7. The van der Waals surface area contributed by atoms with Crippen LogP contribution in [0.25, 0.3) is 16.5 Å². The Labute approximate surface area is 155 Å². The van der Waals surface area contributed by atoms with Crippen LogP contribution in [-0.4, -0.2) is 19.5 Å². The van der Waals surface area contributed by atoms with E-state index >= 15 is 0 Å². The SMILES string of the molecule is C=Cc1ccccc1S(=O)(=O)Nc1cc(-c2ccccc2)sc1C(=O)O. The van der Waals surface area contributed by atoms with Crippen molar-refractivity contribution in [3.8, 4) is 10.4 Å². The van der Waals surface area contributed by atoms with Gasteiger partial charge in [-0.2, -0.15) is 0 Å². The molecule has 2 N–H and O–H groups in total. The van der Waals surface area contributed by atoms with Crippen molar-refractivity contribution >= 4 is 39.1 Å². The number of hydrogen-bond acceptors (Lipinski definition) is 4. The Balaban J connectivity index is 2.05. The van der Waals surface area contributed by atoms with E-state index in [1.54, 1.807) is 18.2 Å². The van der Waals surface area contributed by atoms with E-state index in [-0.39, 0.29) is 15.5 Å². The Morgan fingerprint density at radius 2 is 1.73 bits per heavy atom. The van der Waals surface area contributed by atoms with Gasteiger partial charge in [0, 0.05) is 4.88 Å². The van der Waals surface area contributed by atoms with E-state index in [4.69, 9.17) is 0 Å². The monoisotopic (exact) mass is 385 g/mol. The van der Waals surface area contributed by atoms with Gasteiger partial charge in [0.25, 0.3) is 10.0 Å². The molecule has 3 rings (SSSR count). The third kappa shape index (κ3) is 3.54. The Kier molecular flexibility index (Phi) is 4.92. The number of rotatable bonds is 6. The molecule has 0 radical (unpaired) electrons. The molecule has 0 saturated heterocycles. The summed E-state index contributed by atoms with van der Waals surface area (Å²) in [4.78, 5) is 12.2. The molecule has 2 aromatic carbocycles. The van der Waals surface area contributed by atoms with E-state index in [0.29, 0.717) is 10.4 Å². The van der Waals surface area contributed by atoms with Gasteiger partial charge in [-0.1, -0.05) is 61.2 Å². The molecule has 7 heteroatoms. The molecule has 0 aliphatic rings. The Morgan fingerprint density at radius 3 is 2.38 bits per heavy atom. The van der Waals surface area contributed by atoms with Crippen molar-refractivity contribution in [3.63, 3.8) is 0 Å². The molecule has 0 saturated carbocycles. The predicted octanol–water partition coefficient (Wildman–Crippen LogP) is 4.56. The molecule has 5 nitrogen and oxygen atoms in total. The molecule has 0 aliphatic carbocycles. The third-order valence-corrected chi connectivity index (χ3v) is 6.27. The number of benzene rings is 2. The van der Waals surface area contributed by atoms with Crippen LogP contribution in [0.3, 0.4) is 0 Å². The summed E-state index contributed by atoms with van der Waals surface area (Å²) in [5.41, 5.74) is 1.30. The summed E-state index contributed by atoms with van der Waals surface area (Å²) in [7, 11) is -3.96. The van der Waals surface area contributed by atoms with Crippen LogP contribution >= 0.6 is 11.3 Å². The summed E-state index contributed by atoms with van der Waals surface area (Å²) in [5, 5.41) is 9.45. The number of aromatic carboxylic acids is 1. The molecule has 0 fully saturated rings. The average Bonchev–Trinajstić information content (AvgIpc) is 3.06. The van der Waals surface area contributed by atoms with Gasteiger partial charge in [0.1, 0.15) is 4.88 Å². The molecule has 0 bridgehead atoms. The highest BCUT2D eigenvalue weighted by Gasteiger charge is 2.23. The van der Waals surface area contributed by atoms with Gasteiger partial charge in [0.2, 0.25) is 0 Å². The highest BCUT2D eigenvalue weighted by molar-refractivity contribution is 7.92. The summed E-state index contributed by atoms with van der Waals surface area (Å²) < 4.78 is 27.9. The first-order valence-corrected chi connectivity index (χ1v) is 9.89. The van der Waals surface area contributed by atoms with Gasteiger partial charge in [0.05, 0.1) is 10.6 Å². The van der Waals surface area contributed by atoms with Crippen molar-refractivity contribution in [2.75, 3.05) is 4.72 Å². The zero-order valence-electron chi connectivity index (χ0n) is 13.5. The Bertz CT molecular complexity index is 1070. The molecule has 0 spiro atoms. The topological polar surface area (TPSA) is 83.5 Å². The second-order valence-electron chi connectivity index (χ2n) is 5.37. The summed E-state index contributed by atoms with van der Waals surface area (Å²) in [6, 6.07) is 17.1. The summed E-state index contributed by atoms with van der Waals surface area (Å²) in [6.07, 6.45) is 1.44. The summed E-state index contributed by atoms with van der Waals surface area (Å²) >= 11 is 1.02. The molecule has 0 unspecified atom stereocenters. The fourth-order valence-electron chi connectivity index (χ4n) is 2.46. The molecular formula is C19H15NO4S2. The number of sulfonamides is 1. The lowest BCUT2D eigenvalue weighted by Crippen LogP contribution is -2.15. The van der Waals surface area contributed by atoms with Crippen LogP contribution in [0.2, 0.25) is 0 Å². The Hall–Kier alpha value is -2.90. The zero-order valence-corrected chi connectivity index (χ0v) is 15.2. The van der Waals surface area contributed by atoms with E-state index < -0.39 is 16.0 Å². The second kappa shape index (κ2) is 7.15. The van der Waals surface area contributed by atoms with Crippen LogP contribution < -0.4 is 4.72 Å². The molecule has 0 amide bonds. The highest BCUT2D eigenvalue weighted by Crippen LogP contribution is 2.36. The minimum atomic E-state index is -3.96. The van der Waals surface area contributed by atoms with Gasteiger partial charge in [-0.25, -0.2) is 13.2 Å². The summed E-state index contributed by atoms with van der Waals surface area (Å²) in [6.45, 7) is 3.62. The number of hydrogen-bond donors (Lipinski definition) is 2. The minimum absolute atomic E-state index is 0.0406. The van der Waals surface area contributed by atoms with Crippen LogP contribution in [0.15, 0.2) is 72.1 Å². The standard InChI is InChI=1S/C19H15NO4S2/c1-2-13-8-6-7-11-17(13)26(23,24)20-15-12-16(25-18(15)19(21)22)14-9-4-3-5-10-14/h2-12,20H,1H2,(H,21,22). The number of nitrogens with one attached hydrogen (secondary N) is 1. The van der Waals surface area contributed by atoms with Crippen LogP contribution in [0.5, 0.6) is 0 Å². The van der Waals surface area contributed by atoms with E-state index in [2.05, 4.69) is 11.3 Å². The van der Waals surface area contributed by atoms with Crippen molar-refractivity contribution in [1.82, 2.24) is 0 Å². The predicted molar refractivity (Wildman–Crippen MR) is 104 cm³/mol. The number of anilines is 1. The van der Waals surface area contributed by atoms with Crippen molar-refractivity contribution in [1.29, 1.82) is 0 Å². The average molecular weight is 385 g/mol. The van der Waals surface area contributed by atoms with Crippen LogP contribution in [0, 0.1) is 0 Å². The van der Waals surface area contributed by atoms with Gasteiger partial charge in [-0.3, -0.25) is 4.72 Å². The van der Waals surface area contributed by atoms with E-state index in [9.17, 15) is 18.3 Å². The smallest absolute Gasteiger partial charge is 0.348 e. The number of thiophene rings is 1. The van der Waals surface area contributed by atoms with Gasteiger partial charge in [0.15, 0.2) is 0 Å². The van der Waals surface area contributed by atoms with Gasteiger partial charge in [-0.05, 0) is 23.3 Å². The molecule has 0 atom stereocenters. The maximum atomic E-state index is 12.8. The first-order chi connectivity index (χ1) is 12.4. The fraction of sp³-hybridized carbons (Fsp3) is 0. The van der Waals surface area contributed by atoms with Crippen molar-refractivity contribution in [2.24, 2.45) is 0 Å². The molecule has 0 aliphatic heterocycles. The highest BCUT2D eigenvalue weighted by atomic mass is 32.2. The quantitative estimate of drug-likeness (QED) is 0.652. The Morgan fingerprint density at radius 1 is 1.08 bits per heavy atom. The van der Waals surface area contributed by atoms with Crippen LogP contribution in [0.4, 0.5) is 5.69 Å².